The minimum absolute atomic E-state index is 0.145. The van der Waals surface area contributed by atoms with Crippen LogP contribution in [0.4, 0.5) is 5.13 Å². The van der Waals surface area contributed by atoms with E-state index in [1.165, 1.54) is 0 Å². The second-order valence-electron chi connectivity index (χ2n) is 6.82. The summed E-state index contributed by atoms with van der Waals surface area (Å²) < 4.78 is 7.51. The summed E-state index contributed by atoms with van der Waals surface area (Å²) in [6.45, 7) is 6.55. The average molecular weight is 395 g/mol. The predicted molar refractivity (Wildman–Crippen MR) is 107 cm³/mol. The van der Waals surface area contributed by atoms with Gasteiger partial charge in [-0.1, -0.05) is 0 Å². The number of carbonyl (C=O) groups is 1. The normalized spacial score (nSPS) is 14.8. The summed E-state index contributed by atoms with van der Waals surface area (Å²) in [6.07, 6.45) is 4.45. The van der Waals surface area contributed by atoms with Crippen molar-refractivity contribution >= 4 is 22.4 Å². The van der Waals surface area contributed by atoms with E-state index in [-0.39, 0.29) is 11.5 Å². The molecule has 0 spiro atoms. The molecule has 1 fully saturated rings. The van der Waals surface area contributed by atoms with Crippen molar-refractivity contribution in [2.24, 2.45) is 0 Å². The van der Waals surface area contributed by atoms with Gasteiger partial charge in [-0.15, -0.1) is 11.3 Å². The fourth-order valence-corrected chi connectivity index (χ4v) is 4.36. The third kappa shape index (κ3) is 3.29. The largest absolute Gasteiger partial charge is 0.443 e. The zero-order valence-corrected chi connectivity index (χ0v) is 16.7. The Morgan fingerprint density at radius 2 is 2.00 bits per heavy atom. The summed E-state index contributed by atoms with van der Waals surface area (Å²) in [5.41, 5.74) is 1.67. The fourth-order valence-electron chi connectivity index (χ4n) is 3.50. The van der Waals surface area contributed by atoms with Gasteiger partial charge in [0.05, 0.1) is 5.69 Å². The first kappa shape index (κ1) is 18.3. The predicted octanol–water partition coefficient (Wildman–Crippen LogP) is 3.37. The first-order chi connectivity index (χ1) is 13.6. The number of rotatable bonds is 3. The molecule has 0 unspecified atom stereocenters. The highest BCUT2D eigenvalue weighted by Crippen LogP contribution is 2.28. The maximum absolute atomic E-state index is 13.3. The zero-order chi connectivity index (χ0) is 19.7. The van der Waals surface area contributed by atoms with Crippen LogP contribution in [0.15, 0.2) is 34.3 Å². The SMILES string of the molecule is Cc1csc(N2CCCN(C(=O)c3c(C)oc(-n4cccc4)c3C#N)CC2)n1. The van der Waals surface area contributed by atoms with Crippen LogP contribution in [0.2, 0.25) is 0 Å². The summed E-state index contributed by atoms with van der Waals surface area (Å²) >= 11 is 1.63. The molecular weight excluding hydrogens is 374 g/mol. The second kappa shape index (κ2) is 7.52. The molecule has 0 N–H and O–H groups in total. The lowest BCUT2D eigenvalue weighted by molar-refractivity contribution is 0.0765. The molecule has 1 aliphatic rings. The van der Waals surface area contributed by atoms with Crippen LogP contribution in [-0.4, -0.2) is 46.5 Å². The van der Waals surface area contributed by atoms with Gasteiger partial charge in [-0.05, 0) is 32.4 Å². The molecule has 0 atom stereocenters. The minimum atomic E-state index is -0.145. The van der Waals surface area contributed by atoms with Crippen LogP contribution < -0.4 is 4.90 Å². The number of hydrogen-bond acceptors (Lipinski definition) is 6. The van der Waals surface area contributed by atoms with Gasteiger partial charge < -0.3 is 14.2 Å². The topological polar surface area (TPSA) is 78.3 Å². The first-order valence-corrected chi connectivity index (χ1v) is 10.1. The van der Waals surface area contributed by atoms with Crippen molar-refractivity contribution in [2.45, 2.75) is 20.3 Å². The quantitative estimate of drug-likeness (QED) is 0.679. The second-order valence-corrected chi connectivity index (χ2v) is 7.66. The summed E-state index contributed by atoms with van der Waals surface area (Å²) in [5, 5.41) is 12.7. The van der Waals surface area contributed by atoms with E-state index >= 15 is 0 Å². The first-order valence-electron chi connectivity index (χ1n) is 9.21. The fraction of sp³-hybridized carbons (Fsp3) is 0.350. The Kier molecular flexibility index (Phi) is 4.92. The van der Waals surface area contributed by atoms with Gasteiger partial charge in [-0.2, -0.15) is 5.26 Å². The summed E-state index contributed by atoms with van der Waals surface area (Å²) in [5.74, 6) is 0.721. The molecule has 4 rings (SSSR count). The van der Waals surface area contributed by atoms with E-state index in [2.05, 4.69) is 16.0 Å². The lowest BCUT2D eigenvalue weighted by Gasteiger charge is -2.21. The Labute approximate surface area is 167 Å². The third-order valence-corrected chi connectivity index (χ3v) is 5.91. The Balaban J connectivity index is 1.57. The van der Waals surface area contributed by atoms with Crippen molar-refractivity contribution in [3.05, 3.63) is 52.5 Å². The van der Waals surface area contributed by atoms with E-state index in [4.69, 9.17) is 4.42 Å². The zero-order valence-electron chi connectivity index (χ0n) is 15.9. The molecule has 1 saturated heterocycles. The minimum Gasteiger partial charge on any atom is -0.443 e. The molecule has 0 radical (unpaired) electrons. The van der Waals surface area contributed by atoms with Crippen molar-refractivity contribution in [1.82, 2.24) is 14.5 Å². The monoisotopic (exact) mass is 395 g/mol. The Morgan fingerprint density at radius 3 is 2.68 bits per heavy atom. The van der Waals surface area contributed by atoms with Crippen molar-refractivity contribution in [3.8, 4) is 12.0 Å². The summed E-state index contributed by atoms with van der Waals surface area (Å²) in [6, 6.07) is 5.87. The number of amides is 1. The van der Waals surface area contributed by atoms with Gasteiger partial charge in [0.25, 0.3) is 5.91 Å². The van der Waals surface area contributed by atoms with Crippen LogP contribution in [0.25, 0.3) is 5.88 Å². The molecule has 4 heterocycles. The maximum atomic E-state index is 13.3. The molecule has 3 aromatic heterocycles. The number of hydrogen-bond donors (Lipinski definition) is 0. The molecule has 28 heavy (non-hydrogen) atoms. The average Bonchev–Trinajstić information content (AvgIpc) is 3.38. The van der Waals surface area contributed by atoms with Gasteiger partial charge in [0, 0.05) is 44.0 Å². The molecule has 7 nitrogen and oxygen atoms in total. The van der Waals surface area contributed by atoms with Crippen LogP contribution in [0.5, 0.6) is 0 Å². The molecule has 144 valence electrons. The van der Waals surface area contributed by atoms with Gasteiger partial charge in [0.15, 0.2) is 5.13 Å². The van der Waals surface area contributed by atoms with E-state index in [1.54, 1.807) is 35.2 Å². The molecule has 1 amide bonds. The summed E-state index contributed by atoms with van der Waals surface area (Å²) in [7, 11) is 0. The van der Waals surface area contributed by atoms with E-state index in [0.29, 0.717) is 30.3 Å². The third-order valence-electron chi connectivity index (χ3n) is 4.89. The highest BCUT2D eigenvalue weighted by molar-refractivity contribution is 7.13. The molecule has 3 aromatic rings. The molecular formula is C20H21N5O2S. The van der Waals surface area contributed by atoms with Gasteiger partial charge >= 0.3 is 0 Å². The number of aromatic nitrogens is 2. The molecule has 0 bridgehead atoms. The van der Waals surface area contributed by atoms with Crippen LogP contribution in [0.1, 0.15) is 33.8 Å². The van der Waals surface area contributed by atoms with Crippen molar-refractivity contribution < 1.29 is 9.21 Å². The van der Waals surface area contributed by atoms with Gasteiger partial charge in [0.1, 0.15) is 23.0 Å². The standard InChI is InChI=1S/C20H21N5O2S/c1-14-13-28-20(22-14)25-9-5-8-23(10-11-25)18(26)17-15(2)27-19(16(17)12-21)24-6-3-4-7-24/h3-4,6-7,13H,5,8-11H2,1-2H3. The number of nitriles is 1. The highest BCUT2D eigenvalue weighted by atomic mass is 32.1. The number of anilines is 1. The number of carbonyl (C=O) groups excluding carboxylic acids is 1. The Morgan fingerprint density at radius 1 is 1.21 bits per heavy atom. The van der Waals surface area contributed by atoms with Crippen molar-refractivity contribution in [3.63, 3.8) is 0 Å². The van der Waals surface area contributed by atoms with Gasteiger partial charge in [0.2, 0.25) is 5.88 Å². The number of furan rings is 1. The van der Waals surface area contributed by atoms with Crippen molar-refractivity contribution in [1.29, 1.82) is 5.26 Å². The van der Waals surface area contributed by atoms with E-state index in [0.717, 1.165) is 30.3 Å². The van der Waals surface area contributed by atoms with Crippen LogP contribution >= 0.6 is 11.3 Å². The molecule has 1 aliphatic heterocycles. The lowest BCUT2D eigenvalue weighted by Crippen LogP contribution is -2.35. The van der Waals surface area contributed by atoms with E-state index in [9.17, 15) is 10.1 Å². The maximum Gasteiger partial charge on any atom is 0.258 e. The van der Waals surface area contributed by atoms with Gasteiger partial charge in [-0.25, -0.2) is 4.98 Å². The van der Waals surface area contributed by atoms with E-state index in [1.807, 2.05) is 29.3 Å². The molecule has 0 aliphatic carbocycles. The van der Waals surface area contributed by atoms with Gasteiger partial charge in [-0.3, -0.25) is 9.36 Å². The molecule has 0 aromatic carbocycles. The smallest absolute Gasteiger partial charge is 0.258 e. The number of thiazole rings is 1. The molecule has 8 heteroatoms. The van der Waals surface area contributed by atoms with Crippen molar-refractivity contribution in [2.75, 3.05) is 31.1 Å². The summed E-state index contributed by atoms with van der Waals surface area (Å²) in [4.78, 5) is 21.9. The van der Waals surface area contributed by atoms with Crippen LogP contribution in [0, 0.1) is 25.2 Å². The Bertz CT molecular complexity index is 1030. The van der Waals surface area contributed by atoms with Crippen LogP contribution in [0.3, 0.4) is 0 Å². The Hall–Kier alpha value is -3.05. The number of nitrogens with zero attached hydrogens (tertiary/aromatic N) is 5. The van der Waals surface area contributed by atoms with E-state index < -0.39 is 0 Å². The molecule has 0 saturated carbocycles. The lowest BCUT2D eigenvalue weighted by atomic mass is 10.1. The van der Waals surface area contributed by atoms with Crippen LogP contribution in [-0.2, 0) is 0 Å². The number of aryl methyl sites for hydroxylation is 2. The highest BCUT2D eigenvalue weighted by Gasteiger charge is 2.29.